The van der Waals surface area contributed by atoms with Gasteiger partial charge in [0.1, 0.15) is 0 Å². The monoisotopic (exact) mass is 234 g/mol. The van der Waals surface area contributed by atoms with Crippen LogP contribution in [-0.4, -0.2) is 41.8 Å². The Kier molecular flexibility index (Phi) is 3.22. The Morgan fingerprint density at radius 1 is 1.12 bits per heavy atom. The van der Waals surface area contributed by atoms with Crippen LogP contribution in [0.2, 0.25) is 0 Å². The van der Waals surface area contributed by atoms with Crippen molar-refractivity contribution in [2.75, 3.05) is 26.7 Å². The molecule has 0 radical (unpaired) electrons. The summed E-state index contributed by atoms with van der Waals surface area (Å²) in [7, 11) is 0. The van der Waals surface area contributed by atoms with Crippen molar-refractivity contribution >= 4 is 37.8 Å². The molecule has 4 heteroatoms. The summed E-state index contributed by atoms with van der Waals surface area (Å²) in [6.07, 6.45) is 0. The van der Waals surface area contributed by atoms with Crippen molar-refractivity contribution in [3.05, 3.63) is 0 Å². The third kappa shape index (κ3) is 2.95. The molecular formula is C4H12P2SSe. The number of rotatable bonds is 1. The first-order valence-corrected chi connectivity index (χ1v) is 11.7. The van der Waals surface area contributed by atoms with E-state index in [-0.39, 0.29) is 0 Å². The molecule has 0 spiro atoms. The molecule has 0 bridgehead atoms. The Balaban J connectivity index is 4.53. The van der Waals surface area contributed by atoms with E-state index in [0.29, 0.717) is 0 Å². The Bertz CT molecular complexity index is 143. The zero-order chi connectivity index (χ0) is 7.00. The van der Waals surface area contributed by atoms with E-state index in [4.69, 9.17) is 11.8 Å². The van der Waals surface area contributed by atoms with Gasteiger partial charge in [-0.1, -0.05) is 0 Å². The first-order chi connectivity index (χ1) is 3.25. The molecule has 0 aliphatic heterocycles. The normalized spacial score (nSPS) is 14.0. The topological polar surface area (TPSA) is 0 Å². The number of hydrogen-bond acceptors (Lipinski definition) is 1. The standard InChI is InChI=1S/C4H12P2SSe/c1-5(2,7)6(3,4)8/h1-4H3. The SMILES string of the molecule is CP(C)(=S)P(C)(C)=[Se]. The van der Waals surface area contributed by atoms with Crippen LogP contribution >= 0.6 is 10.9 Å². The maximum absolute atomic E-state index is 5.35. The predicted octanol–water partition coefficient (Wildman–Crippen LogP) is 2.00. The van der Waals surface area contributed by atoms with Gasteiger partial charge < -0.3 is 0 Å². The molecule has 0 amide bonds. The molecule has 0 atom stereocenters. The van der Waals surface area contributed by atoms with Crippen LogP contribution in [0.4, 0.5) is 0 Å². The molecule has 0 saturated heterocycles. The van der Waals surface area contributed by atoms with Gasteiger partial charge in [0.05, 0.1) is 0 Å². The van der Waals surface area contributed by atoms with Gasteiger partial charge >= 0.3 is 64.5 Å². The average Bonchev–Trinajstić information content (AvgIpc) is 1.25. The van der Waals surface area contributed by atoms with Gasteiger partial charge in [-0.05, 0) is 0 Å². The Morgan fingerprint density at radius 3 is 1.25 bits per heavy atom. The fraction of sp³-hybridized carbons (Fsp3) is 1.00. The Hall–Kier alpha value is 1.60. The van der Waals surface area contributed by atoms with E-state index in [9.17, 15) is 0 Å². The quantitative estimate of drug-likeness (QED) is 0.493. The average molecular weight is 233 g/mol. The molecule has 0 heterocycles. The maximum atomic E-state index is 5.35. The van der Waals surface area contributed by atoms with Crippen LogP contribution in [-0.2, 0) is 11.8 Å². The second kappa shape index (κ2) is 2.69. The summed E-state index contributed by atoms with van der Waals surface area (Å²) in [5, 5.41) is -0.799. The van der Waals surface area contributed by atoms with E-state index in [1.165, 1.54) is 0 Å². The zero-order valence-corrected chi connectivity index (χ0v) is 10.0. The molecule has 0 unspecified atom stereocenters. The summed E-state index contributed by atoms with van der Waals surface area (Å²) in [5.74, 6) is 0. The van der Waals surface area contributed by atoms with E-state index < -0.39 is 10.9 Å². The molecule has 0 saturated carbocycles. The molecular weight excluding hydrogens is 221 g/mol. The minimum absolute atomic E-state index is 0.799. The Labute approximate surface area is 64.6 Å². The summed E-state index contributed by atoms with van der Waals surface area (Å²) < 4.78 is 0. The third-order valence-corrected chi connectivity index (χ3v) is 23.9. The molecule has 8 heavy (non-hydrogen) atoms. The van der Waals surface area contributed by atoms with Crippen LogP contribution in [0.25, 0.3) is 0 Å². The molecule has 0 aliphatic rings. The van der Waals surface area contributed by atoms with Crippen molar-refractivity contribution in [2.45, 2.75) is 0 Å². The van der Waals surface area contributed by atoms with E-state index in [0.717, 1.165) is 0 Å². The van der Waals surface area contributed by atoms with Crippen LogP contribution in [0.5, 0.6) is 0 Å². The van der Waals surface area contributed by atoms with Gasteiger partial charge in [-0.3, -0.25) is 0 Å². The van der Waals surface area contributed by atoms with Gasteiger partial charge in [0.25, 0.3) is 0 Å². The fourth-order valence-electron chi connectivity index (χ4n) is 0. The first-order valence-electron chi connectivity index (χ1n) is 2.35. The molecule has 0 aliphatic carbocycles. The molecule has 0 nitrogen and oxygen atoms in total. The van der Waals surface area contributed by atoms with Crippen molar-refractivity contribution in [3.63, 3.8) is 0 Å². The van der Waals surface area contributed by atoms with Crippen LogP contribution in [0, 0.1) is 0 Å². The second-order valence-electron chi connectivity index (χ2n) is 2.59. The van der Waals surface area contributed by atoms with Crippen molar-refractivity contribution in [1.29, 1.82) is 0 Å². The van der Waals surface area contributed by atoms with E-state index in [2.05, 4.69) is 41.8 Å². The van der Waals surface area contributed by atoms with E-state index in [1.807, 2.05) is 0 Å². The van der Waals surface area contributed by atoms with Crippen LogP contribution in [0.3, 0.4) is 0 Å². The van der Waals surface area contributed by atoms with Crippen molar-refractivity contribution in [1.82, 2.24) is 0 Å². The minimum atomic E-state index is -0.961. The Morgan fingerprint density at radius 2 is 1.25 bits per heavy atom. The van der Waals surface area contributed by atoms with Gasteiger partial charge in [-0.25, -0.2) is 0 Å². The summed E-state index contributed by atoms with van der Waals surface area (Å²) in [4.78, 5) is 0. The molecule has 0 fully saturated rings. The summed E-state index contributed by atoms with van der Waals surface area (Å²) in [6.45, 7) is 8.97. The summed E-state index contributed by atoms with van der Waals surface area (Å²) >= 11 is 8.56. The summed E-state index contributed by atoms with van der Waals surface area (Å²) in [6, 6.07) is 0. The number of hydrogen-bond donors (Lipinski definition) is 0. The van der Waals surface area contributed by atoms with Crippen molar-refractivity contribution in [2.24, 2.45) is 0 Å². The molecule has 0 N–H and O–H groups in total. The van der Waals surface area contributed by atoms with Gasteiger partial charge in [0.15, 0.2) is 0 Å². The van der Waals surface area contributed by atoms with E-state index in [1.54, 1.807) is 0 Å². The van der Waals surface area contributed by atoms with Gasteiger partial charge in [0.2, 0.25) is 0 Å². The molecule has 0 aromatic heterocycles. The van der Waals surface area contributed by atoms with Crippen LogP contribution in [0.1, 0.15) is 0 Å². The van der Waals surface area contributed by atoms with Gasteiger partial charge in [-0.15, -0.1) is 0 Å². The van der Waals surface area contributed by atoms with E-state index >= 15 is 0 Å². The second-order valence-corrected chi connectivity index (χ2v) is 24.9. The molecule has 0 rings (SSSR count). The van der Waals surface area contributed by atoms with Gasteiger partial charge in [-0.2, -0.15) is 0 Å². The summed E-state index contributed by atoms with van der Waals surface area (Å²) in [5.41, 5.74) is -0.961. The molecule has 0 aromatic carbocycles. The van der Waals surface area contributed by atoms with Crippen LogP contribution < -0.4 is 0 Å². The molecule has 0 aromatic rings. The van der Waals surface area contributed by atoms with Crippen molar-refractivity contribution in [3.8, 4) is 0 Å². The van der Waals surface area contributed by atoms with Crippen molar-refractivity contribution < 1.29 is 0 Å². The third-order valence-electron chi connectivity index (χ3n) is 1.16. The van der Waals surface area contributed by atoms with Gasteiger partial charge in [0, 0.05) is 0 Å². The molecule has 50 valence electrons. The zero-order valence-electron chi connectivity index (χ0n) is 5.71. The fourth-order valence-corrected chi connectivity index (χ4v) is 0. The first kappa shape index (κ1) is 9.60. The van der Waals surface area contributed by atoms with Crippen LogP contribution in [0.15, 0.2) is 0 Å². The predicted molar refractivity (Wildman–Crippen MR) is 50.7 cm³/mol.